The standard InChI is InChI=1S/C19H27N3OS/c1-3-4-5-6-7-8-9-15-10-12-16(13-11-15)20-17-14-18(23)22-19(21-17)24-2/h10-14H,3-9H2,1-2H3,(H2,20,21,22,23). The highest BCUT2D eigenvalue weighted by Crippen LogP contribution is 2.17. The van der Waals surface area contributed by atoms with Crippen LogP contribution in [-0.2, 0) is 6.42 Å². The molecule has 0 spiro atoms. The molecule has 5 heteroatoms. The fourth-order valence-corrected chi connectivity index (χ4v) is 3.00. The van der Waals surface area contributed by atoms with Crippen LogP contribution >= 0.6 is 11.8 Å². The van der Waals surface area contributed by atoms with Crippen molar-refractivity contribution in [3.63, 3.8) is 0 Å². The molecule has 0 fully saturated rings. The predicted molar refractivity (Wildman–Crippen MR) is 103 cm³/mol. The number of H-pyrrole nitrogens is 1. The molecule has 2 rings (SSSR count). The smallest absolute Gasteiger partial charge is 0.253 e. The number of nitrogens with zero attached hydrogens (tertiary/aromatic N) is 1. The number of hydrogen-bond acceptors (Lipinski definition) is 4. The average molecular weight is 346 g/mol. The van der Waals surface area contributed by atoms with E-state index in [1.165, 1.54) is 61.9 Å². The second-order valence-corrected chi connectivity index (χ2v) is 6.77. The van der Waals surface area contributed by atoms with Gasteiger partial charge in [-0.05, 0) is 36.8 Å². The highest BCUT2D eigenvalue weighted by atomic mass is 32.2. The molecule has 0 saturated heterocycles. The van der Waals surface area contributed by atoms with Crippen LogP contribution in [0.1, 0.15) is 51.0 Å². The van der Waals surface area contributed by atoms with Gasteiger partial charge in [0.1, 0.15) is 5.82 Å². The van der Waals surface area contributed by atoms with Gasteiger partial charge in [-0.3, -0.25) is 4.79 Å². The Morgan fingerprint density at radius 3 is 2.50 bits per heavy atom. The fourth-order valence-electron chi connectivity index (χ4n) is 2.61. The quantitative estimate of drug-likeness (QED) is 0.356. The van der Waals surface area contributed by atoms with Gasteiger partial charge >= 0.3 is 0 Å². The first-order valence-electron chi connectivity index (χ1n) is 8.72. The van der Waals surface area contributed by atoms with Crippen molar-refractivity contribution in [2.24, 2.45) is 0 Å². The largest absolute Gasteiger partial charge is 0.340 e. The Bertz CT molecular complexity index is 667. The number of aromatic nitrogens is 2. The number of unbranched alkanes of at least 4 members (excludes halogenated alkanes) is 5. The van der Waals surface area contributed by atoms with Crippen LogP contribution in [0.5, 0.6) is 0 Å². The third-order valence-electron chi connectivity index (χ3n) is 3.96. The maximum absolute atomic E-state index is 11.6. The molecule has 1 aromatic carbocycles. The minimum absolute atomic E-state index is 0.142. The van der Waals surface area contributed by atoms with E-state index < -0.39 is 0 Å². The van der Waals surface area contributed by atoms with Gasteiger partial charge in [0, 0.05) is 11.8 Å². The molecular formula is C19H27N3OS. The minimum atomic E-state index is -0.142. The van der Waals surface area contributed by atoms with Crippen LogP contribution in [0.3, 0.4) is 0 Å². The van der Waals surface area contributed by atoms with Gasteiger partial charge in [-0.2, -0.15) is 0 Å². The van der Waals surface area contributed by atoms with Crippen molar-refractivity contribution >= 4 is 23.3 Å². The van der Waals surface area contributed by atoms with Crippen molar-refractivity contribution in [1.29, 1.82) is 0 Å². The molecule has 1 heterocycles. The molecule has 1 aromatic heterocycles. The SMILES string of the molecule is CCCCCCCCc1ccc(Nc2cc(=O)[nH]c(SC)n2)cc1. The first-order chi connectivity index (χ1) is 11.7. The summed E-state index contributed by atoms with van der Waals surface area (Å²) in [5.74, 6) is 0.576. The van der Waals surface area contributed by atoms with Gasteiger partial charge in [-0.15, -0.1) is 0 Å². The zero-order chi connectivity index (χ0) is 17.2. The molecule has 0 saturated carbocycles. The third-order valence-corrected chi connectivity index (χ3v) is 4.54. The molecule has 24 heavy (non-hydrogen) atoms. The topological polar surface area (TPSA) is 57.8 Å². The Morgan fingerprint density at radius 2 is 1.79 bits per heavy atom. The summed E-state index contributed by atoms with van der Waals surface area (Å²) in [6.45, 7) is 2.25. The number of anilines is 2. The van der Waals surface area contributed by atoms with E-state index in [-0.39, 0.29) is 5.56 Å². The molecule has 2 aromatic rings. The van der Waals surface area contributed by atoms with Gasteiger partial charge in [-0.25, -0.2) is 4.98 Å². The van der Waals surface area contributed by atoms with E-state index in [9.17, 15) is 4.79 Å². The molecule has 0 amide bonds. The maximum atomic E-state index is 11.6. The number of hydrogen-bond donors (Lipinski definition) is 2. The fraction of sp³-hybridized carbons (Fsp3) is 0.474. The van der Waals surface area contributed by atoms with E-state index in [0.717, 1.165) is 12.1 Å². The molecule has 0 aliphatic rings. The number of aryl methyl sites for hydroxylation is 1. The first-order valence-corrected chi connectivity index (χ1v) is 9.95. The minimum Gasteiger partial charge on any atom is -0.340 e. The summed E-state index contributed by atoms with van der Waals surface area (Å²) in [6, 6.07) is 9.88. The summed E-state index contributed by atoms with van der Waals surface area (Å²) in [6.07, 6.45) is 11.0. The molecule has 0 aliphatic heterocycles. The number of rotatable bonds is 10. The summed E-state index contributed by atoms with van der Waals surface area (Å²) in [5.41, 5.74) is 2.17. The van der Waals surface area contributed by atoms with E-state index in [0.29, 0.717) is 11.0 Å². The molecular weight excluding hydrogens is 318 g/mol. The summed E-state index contributed by atoms with van der Waals surface area (Å²) in [4.78, 5) is 18.6. The van der Waals surface area contributed by atoms with Crippen LogP contribution in [0.4, 0.5) is 11.5 Å². The monoisotopic (exact) mass is 345 g/mol. The molecule has 0 aliphatic carbocycles. The van der Waals surface area contributed by atoms with Crippen molar-refractivity contribution in [2.45, 2.75) is 57.0 Å². The normalized spacial score (nSPS) is 10.8. The summed E-state index contributed by atoms with van der Waals surface area (Å²) < 4.78 is 0. The van der Waals surface area contributed by atoms with Crippen molar-refractivity contribution in [3.05, 3.63) is 46.2 Å². The van der Waals surface area contributed by atoms with E-state index in [1.807, 2.05) is 18.4 Å². The second-order valence-electron chi connectivity index (χ2n) is 5.98. The van der Waals surface area contributed by atoms with E-state index in [2.05, 4.69) is 34.3 Å². The average Bonchev–Trinajstić information content (AvgIpc) is 2.59. The van der Waals surface area contributed by atoms with Gasteiger partial charge < -0.3 is 10.3 Å². The number of nitrogens with one attached hydrogen (secondary N) is 2. The van der Waals surface area contributed by atoms with Crippen LogP contribution in [-0.4, -0.2) is 16.2 Å². The van der Waals surface area contributed by atoms with Crippen LogP contribution in [0.25, 0.3) is 0 Å². The highest BCUT2D eigenvalue weighted by Gasteiger charge is 2.01. The van der Waals surface area contributed by atoms with Crippen LogP contribution in [0.15, 0.2) is 40.3 Å². The molecule has 4 nitrogen and oxygen atoms in total. The van der Waals surface area contributed by atoms with Crippen LogP contribution in [0, 0.1) is 0 Å². The second kappa shape index (κ2) is 10.2. The lowest BCUT2D eigenvalue weighted by Gasteiger charge is -2.08. The molecule has 0 atom stereocenters. The molecule has 0 bridgehead atoms. The lowest BCUT2D eigenvalue weighted by Crippen LogP contribution is -2.09. The Hall–Kier alpha value is -1.75. The van der Waals surface area contributed by atoms with Gasteiger partial charge in [-0.1, -0.05) is 62.9 Å². The first kappa shape index (κ1) is 18.6. The van der Waals surface area contributed by atoms with Crippen LogP contribution in [0.2, 0.25) is 0 Å². The Morgan fingerprint density at radius 1 is 1.08 bits per heavy atom. The van der Waals surface area contributed by atoms with Gasteiger partial charge in [0.05, 0.1) is 0 Å². The van der Waals surface area contributed by atoms with E-state index >= 15 is 0 Å². The summed E-state index contributed by atoms with van der Waals surface area (Å²) in [5, 5.41) is 3.81. The van der Waals surface area contributed by atoms with Crippen LogP contribution < -0.4 is 10.9 Å². The maximum Gasteiger partial charge on any atom is 0.253 e. The molecule has 2 N–H and O–H groups in total. The lowest BCUT2D eigenvalue weighted by atomic mass is 10.0. The van der Waals surface area contributed by atoms with Gasteiger partial charge in [0.25, 0.3) is 5.56 Å². The van der Waals surface area contributed by atoms with E-state index in [4.69, 9.17) is 0 Å². The third kappa shape index (κ3) is 6.40. The summed E-state index contributed by atoms with van der Waals surface area (Å²) >= 11 is 1.42. The number of thioether (sulfide) groups is 1. The zero-order valence-corrected chi connectivity index (χ0v) is 15.4. The Balaban J connectivity index is 1.83. The van der Waals surface area contributed by atoms with Crippen molar-refractivity contribution < 1.29 is 0 Å². The lowest BCUT2D eigenvalue weighted by molar-refractivity contribution is 0.607. The Labute approximate surface area is 148 Å². The zero-order valence-electron chi connectivity index (χ0n) is 14.6. The van der Waals surface area contributed by atoms with E-state index in [1.54, 1.807) is 0 Å². The van der Waals surface area contributed by atoms with Crippen molar-refractivity contribution in [3.8, 4) is 0 Å². The predicted octanol–water partition coefficient (Wildman–Crippen LogP) is 5.14. The van der Waals surface area contributed by atoms with Crippen molar-refractivity contribution in [1.82, 2.24) is 9.97 Å². The highest BCUT2D eigenvalue weighted by molar-refractivity contribution is 7.98. The summed E-state index contributed by atoms with van der Waals surface area (Å²) in [7, 11) is 0. The van der Waals surface area contributed by atoms with Crippen molar-refractivity contribution in [2.75, 3.05) is 11.6 Å². The van der Waals surface area contributed by atoms with Gasteiger partial charge in [0.2, 0.25) is 0 Å². The van der Waals surface area contributed by atoms with Gasteiger partial charge in [0.15, 0.2) is 5.16 Å². The Kier molecular flexibility index (Phi) is 7.89. The molecule has 0 unspecified atom stereocenters. The molecule has 0 radical (unpaired) electrons. The number of aromatic amines is 1. The molecule has 130 valence electrons. The number of benzene rings is 1.